The normalized spacial score (nSPS) is 11.0. The van der Waals surface area contributed by atoms with Crippen LogP contribution in [0.4, 0.5) is 11.9 Å². The molecule has 9 nitrogen and oxygen atoms in total. The monoisotopic (exact) mass is 322 g/mol. The number of rotatable bonds is 5. The van der Waals surface area contributed by atoms with E-state index in [2.05, 4.69) is 30.4 Å². The molecule has 0 saturated carbocycles. The van der Waals surface area contributed by atoms with Gasteiger partial charge in [-0.1, -0.05) is 6.07 Å². The molecule has 0 aromatic carbocycles. The third kappa shape index (κ3) is 2.74. The molecule has 120 valence electrons. The van der Waals surface area contributed by atoms with Gasteiger partial charge in [0, 0.05) is 18.9 Å². The lowest BCUT2D eigenvalue weighted by atomic mass is 10.2. The van der Waals surface area contributed by atoms with E-state index >= 15 is 0 Å². The third-order valence-corrected chi connectivity index (χ3v) is 3.39. The summed E-state index contributed by atoms with van der Waals surface area (Å²) in [5.41, 5.74) is 7.06. The van der Waals surface area contributed by atoms with Gasteiger partial charge in [-0.25, -0.2) is 0 Å². The zero-order chi connectivity index (χ0) is 16.4. The molecule has 3 N–H and O–H groups in total. The highest BCUT2D eigenvalue weighted by atomic mass is 16.3. The molecule has 0 unspecified atom stereocenters. The van der Waals surface area contributed by atoms with Crippen molar-refractivity contribution < 1.29 is 4.42 Å². The number of furan rings is 1. The predicted octanol–water partition coefficient (Wildman–Crippen LogP) is 1.41. The molecule has 4 heterocycles. The quantitative estimate of drug-likeness (QED) is 0.566. The van der Waals surface area contributed by atoms with Gasteiger partial charge in [-0.05, 0) is 30.2 Å². The molecule has 0 aliphatic carbocycles. The number of nitrogens with one attached hydrogen (secondary N) is 1. The lowest BCUT2D eigenvalue weighted by Crippen LogP contribution is -2.12. The van der Waals surface area contributed by atoms with Crippen LogP contribution in [0.15, 0.2) is 47.3 Å². The number of hydrogen-bond donors (Lipinski definition) is 2. The van der Waals surface area contributed by atoms with E-state index in [0.717, 1.165) is 12.0 Å². The van der Waals surface area contributed by atoms with Crippen molar-refractivity contribution in [3.63, 3.8) is 0 Å². The van der Waals surface area contributed by atoms with Crippen molar-refractivity contribution in [3.8, 4) is 11.6 Å². The molecule has 0 bridgehead atoms. The maximum atomic E-state index is 5.94. The lowest BCUT2D eigenvalue weighted by Gasteiger charge is -2.05. The minimum absolute atomic E-state index is 0.203. The summed E-state index contributed by atoms with van der Waals surface area (Å²) >= 11 is 0. The van der Waals surface area contributed by atoms with Crippen LogP contribution in [0.3, 0.4) is 0 Å². The molecule has 4 aromatic heterocycles. The van der Waals surface area contributed by atoms with Crippen molar-refractivity contribution >= 4 is 17.7 Å². The van der Waals surface area contributed by atoms with Crippen molar-refractivity contribution in [1.29, 1.82) is 0 Å². The highest BCUT2D eigenvalue weighted by Crippen LogP contribution is 2.17. The predicted molar refractivity (Wildman–Crippen MR) is 87.1 cm³/mol. The van der Waals surface area contributed by atoms with E-state index in [0.29, 0.717) is 29.9 Å². The van der Waals surface area contributed by atoms with Crippen molar-refractivity contribution in [1.82, 2.24) is 29.5 Å². The molecule has 0 spiro atoms. The average molecular weight is 322 g/mol. The van der Waals surface area contributed by atoms with Crippen LogP contribution in [-0.2, 0) is 6.42 Å². The summed E-state index contributed by atoms with van der Waals surface area (Å²) in [5, 5.41) is 7.39. The first-order chi connectivity index (χ1) is 11.8. The molecule has 0 aliphatic rings. The highest BCUT2D eigenvalue weighted by Gasteiger charge is 2.13. The van der Waals surface area contributed by atoms with Crippen LogP contribution < -0.4 is 11.1 Å². The summed E-state index contributed by atoms with van der Waals surface area (Å²) in [6.07, 6.45) is 5.93. The van der Waals surface area contributed by atoms with Gasteiger partial charge < -0.3 is 15.5 Å². The van der Waals surface area contributed by atoms with Crippen LogP contribution in [0.2, 0.25) is 0 Å². The Morgan fingerprint density at radius 3 is 2.92 bits per heavy atom. The summed E-state index contributed by atoms with van der Waals surface area (Å²) in [5.74, 6) is 1.92. The second-order valence-corrected chi connectivity index (χ2v) is 5.07. The Bertz CT molecular complexity index is 948. The van der Waals surface area contributed by atoms with Gasteiger partial charge in [0.2, 0.25) is 17.7 Å². The van der Waals surface area contributed by atoms with Gasteiger partial charge in [0.15, 0.2) is 5.76 Å². The first kappa shape index (κ1) is 14.1. The number of anilines is 2. The van der Waals surface area contributed by atoms with Crippen molar-refractivity contribution in [3.05, 3.63) is 48.5 Å². The zero-order valence-electron chi connectivity index (χ0n) is 12.6. The van der Waals surface area contributed by atoms with E-state index in [4.69, 9.17) is 10.2 Å². The molecule has 0 radical (unpaired) electrons. The van der Waals surface area contributed by atoms with E-state index in [9.17, 15) is 0 Å². The van der Waals surface area contributed by atoms with Gasteiger partial charge >= 0.3 is 0 Å². The molecular weight excluding hydrogens is 308 g/mol. The fourth-order valence-corrected chi connectivity index (χ4v) is 2.26. The van der Waals surface area contributed by atoms with E-state index in [1.165, 1.54) is 4.52 Å². The number of nitrogens with zero attached hydrogens (tertiary/aromatic N) is 6. The molecule has 9 heteroatoms. The maximum Gasteiger partial charge on any atom is 0.259 e. The Kier molecular flexibility index (Phi) is 3.50. The molecule has 4 aromatic rings. The van der Waals surface area contributed by atoms with E-state index in [-0.39, 0.29) is 5.95 Å². The van der Waals surface area contributed by atoms with Gasteiger partial charge in [0.1, 0.15) is 0 Å². The molecule has 0 atom stereocenters. The van der Waals surface area contributed by atoms with Crippen molar-refractivity contribution in [2.75, 3.05) is 17.6 Å². The maximum absolute atomic E-state index is 5.94. The summed E-state index contributed by atoms with van der Waals surface area (Å²) in [6.45, 7) is 0.653. The Hall–Kier alpha value is -3.49. The number of hydrogen-bond acceptors (Lipinski definition) is 8. The summed E-state index contributed by atoms with van der Waals surface area (Å²) in [4.78, 5) is 16.9. The van der Waals surface area contributed by atoms with Crippen LogP contribution >= 0.6 is 0 Å². The van der Waals surface area contributed by atoms with Crippen molar-refractivity contribution in [2.24, 2.45) is 0 Å². The molecule has 0 aliphatic heterocycles. The van der Waals surface area contributed by atoms with E-state index < -0.39 is 0 Å². The number of nitrogens with two attached hydrogens (primary N) is 1. The SMILES string of the molecule is Nc1nc(NCCc2cccnc2)nc2nc(-c3ccco3)nn12. The Balaban J connectivity index is 1.54. The summed E-state index contributed by atoms with van der Waals surface area (Å²) < 4.78 is 6.66. The van der Waals surface area contributed by atoms with Crippen LogP contribution in [0.1, 0.15) is 5.56 Å². The minimum Gasteiger partial charge on any atom is -0.461 e. The van der Waals surface area contributed by atoms with E-state index in [1.807, 2.05) is 18.3 Å². The third-order valence-electron chi connectivity index (χ3n) is 3.39. The number of fused-ring (bicyclic) bond motifs is 1. The molecule has 4 rings (SSSR count). The Morgan fingerprint density at radius 2 is 2.12 bits per heavy atom. The van der Waals surface area contributed by atoms with E-state index in [1.54, 1.807) is 24.6 Å². The lowest BCUT2D eigenvalue weighted by molar-refractivity contribution is 0.577. The number of pyridine rings is 1. The van der Waals surface area contributed by atoms with Gasteiger partial charge in [-0.15, -0.1) is 5.10 Å². The van der Waals surface area contributed by atoms with Gasteiger partial charge in [-0.2, -0.15) is 19.5 Å². The van der Waals surface area contributed by atoms with Crippen LogP contribution in [0.25, 0.3) is 17.4 Å². The number of aromatic nitrogens is 6. The number of nitrogen functional groups attached to an aromatic ring is 1. The molecule has 24 heavy (non-hydrogen) atoms. The first-order valence-corrected chi connectivity index (χ1v) is 7.36. The second-order valence-electron chi connectivity index (χ2n) is 5.07. The largest absolute Gasteiger partial charge is 0.461 e. The summed E-state index contributed by atoms with van der Waals surface area (Å²) in [7, 11) is 0. The summed E-state index contributed by atoms with van der Waals surface area (Å²) in [6, 6.07) is 7.45. The van der Waals surface area contributed by atoms with Gasteiger partial charge in [-0.3, -0.25) is 4.98 Å². The average Bonchev–Trinajstić information content (AvgIpc) is 3.25. The molecular formula is C15H14N8O. The van der Waals surface area contributed by atoms with Crippen LogP contribution in [-0.4, -0.2) is 36.1 Å². The Morgan fingerprint density at radius 1 is 1.17 bits per heavy atom. The smallest absolute Gasteiger partial charge is 0.259 e. The minimum atomic E-state index is 0.203. The molecule has 0 fully saturated rings. The van der Waals surface area contributed by atoms with Crippen molar-refractivity contribution in [2.45, 2.75) is 6.42 Å². The Labute approximate surface area is 136 Å². The topological polar surface area (TPSA) is 120 Å². The molecule has 0 saturated heterocycles. The molecule has 0 amide bonds. The van der Waals surface area contributed by atoms with Gasteiger partial charge in [0.25, 0.3) is 5.78 Å². The van der Waals surface area contributed by atoms with Crippen LogP contribution in [0.5, 0.6) is 0 Å². The zero-order valence-corrected chi connectivity index (χ0v) is 12.6. The van der Waals surface area contributed by atoms with Gasteiger partial charge in [0.05, 0.1) is 6.26 Å². The first-order valence-electron chi connectivity index (χ1n) is 7.36. The highest BCUT2D eigenvalue weighted by molar-refractivity contribution is 5.52. The van der Waals surface area contributed by atoms with Crippen LogP contribution in [0, 0.1) is 0 Å². The fraction of sp³-hybridized carbons (Fsp3) is 0.133. The fourth-order valence-electron chi connectivity index (χ4n) is 2.26. The second kappa shape index (κ2) is 5.95. The standard InChI is InChI=1S/C15H14N8O/c16-13-20-14(18-7-5-10-3-1-6-17-9-10)21-15-19-12(22-23(13)15)11-4-2-8-24-11/h1-4,6,8-9H,5,7H2,(H3,16,18,19,20,21,22).